The molecule has 0 aliphatic rings. The molecule has 0 saturated carbocycles. The third kappa shape index (κ3) is 2.17. The number of rotatable bonds is 0. The molecule has 0 spiro atoms. The van der Waals surface area contributed by atoms with Crippen molar-refractivity contribution < 1.29 is 18.6 Å². The van der Waals surface area contributed by atoms with Crippen LogP contribution >= 0.6 is 11.3 Å². The van der Waals surface area contributed by atoms with Gasteiger partial charge in [0.2, 0.25) is 0 Å². The Morgan fingerprint density at radius 1 is 1.71 bits per heavy atom. The van der Waals surface area contributed by atoms with Crippen molar-refractivity contribution in [2.24, 2.45) is 0 Å². The largest absolute Gasteiger partial charge is 0.273 e. The first-order valence-electron chi connectivity index (χ1n) is 1.80. The van der Waals surface area contributed by atoms with Crippen molar-refractivity contribution in [3.63, 3.8) is 0 Å². The van der Waals surface area contributed by atoms with E-state index in [0.29, 0.717) is 0 Å². The average molecular weight is 148 g/mol. The van der Waals surface area contributed by atoms with Crippen LogP contribution < -0.4 is 0 Å². The maximum absolute atomic E-state index is 3.02. The standard InChI is InChI=1S/C5H5S.V/c1-5-2-3-6-4-5;/h3-4H,1H3;/q-1;. The Morgan fingerprint density at radius 3 is 2.57 bits per heavy atom. The minimum absolute atomic E-state index is 0. The van der Waals surface area contributed by atoms with Gasteiger partial charge < -0.3 is 0 Å². The summed E-state index contributed by atoms with van der Waals surface area (Å²) in [6, 6.07) is 3.02. The third-order valence-electron chi connectivity index (χ3n) is 0.599. The fourth-order valence-electron chi connectivity index (χ4n) is 0.297. The van der Waals surface area contributed by atoms with Crippen LogP contribution in [0.15, 0.2) is 10.8 Å². The topological polar surface area (TPSA) is 0 Å². The molecular formula is C5H5SV-. The fraction of sp³-hybridized carbons (Fsp3) is 0.200. The quantitative estimate of drug-likeness (QED) is 0.492. The Bertz CT molecular complexity index is 112. The maximum atomic E-state index is 3.02. The third-order valence-corrected chi connectivity index (χ3v) is 1.34. The van der Waals surface area contributed by atoms with Crippen molar-refractivity contribution >= 4 is 11.3 Å². The van der Waals surface area contributed by atoms with E-state index in [0.717, 1.165) is 0 Å². The second kappa shape index (κ2) is 3.31. The Labute approximate surface area is 59.4 Å². The number of thiophene rings is 1. The molecule has 0 nitrogen and oxygen atoms in total. The Kier molecular flexibility index (Phi) is 3.44. The van der Waals surface area contributed by atoms with Gasteiger partial charge in [0.15, 0.2) is 0 Å². The van der Waals surface area contributed by atoms with Crippen molar-refractivity contribution in [2.45, 2.75) is 6.92 Å². The van der Waals surface area contributed by atoms with Crippen LogP contribution in [-0.2, 0) is 18.6 Å². The first kappa shape index (κ1) is 7.28. The van der Waals surface area contributed by atoms with Crippen LogP contribution in [0.4, 0.5) is 0 Å². The van der Waals surface area contributed by atoms with E-state index in [1.54, 1.807) is 11.3 Å². The monoisotopic (exact) mass is 148 g/mol. The van der Waals surface area contributed by atoms with Crippen LogP contribution in [0.1, 0.15) is 5.56 Å². The zero-order valence-corrected chi connectivity index (χ0v) is 6.22. The predicted octanol–water partition coefficient (Wildman–Crippen LogP) is 1.85. The van der Waals surface area contributed by atoms with Gasteiger partial charge in [-0.15, -0.1) is 5.38 Å². The molecular weight excluding hydrogens is 143 g/mol. The van der Waals surface area contributed by atoms with Crippen LogP contribution in [0.2, 0.25) is 0 Å². The molecule has 0 bridgehead atoms. The van der Waals surface area contributed by atoms with Crippen LogP contribution in [-0.4, -0.2) is 0 Å². The van der Waals surface area contributed by atoms with Gasteiger partial charge in [-0.05, 0) is 0 Å². The van der Waals surface area contributed by atoms with E-state index in [2.05, 4.69) is 11.4 Å². The normalized spacial score (nSPS) is 7.57. The molecule has 0 unspecified atom stereocenters. The molecule has 37 valence electrons. The van der Waals surface area contributed by atoms with E-state index >= 15 is 0 Å². The van der Waals surface area contributed by atoms with Gasteiger partial charge in [0.1, 0.15) is 0 Å². The summed E-state index contributed by atoms with van der Waals surface area (Å²) < 4.78 is 0. The summed E-state index contributed by atoms with van der Waals surface area (Å²) in [6.07, 6.45) is 0. The summed E-state index contributed by atoms with van der Waals surface area (Å²) in [5.74, 6) is 0. The molecule has 0 aromatic carbocycles. The van der Waals surface area contributed by atoms with Crippen LogP contribution in [0.3, 0.4) is 0 Å². The molecule has 1 aromatic rings. The summed E-state index contributed by atoms with van der Waals surface area (Å²) in [5, 5.41) is 4.02. The zero-order valence-electron chi connectivity index (χ0n) is 4.01. The van der Waals surface area contributed by atoms with Crippen molar-refractivity contribution in [3.8, 4) is 0 Å². The number of aryl methyl sites for hydroxylation is 1. The SMILES string of the molecule is Cc1[c-]csc1.[V]. The first-order chi connectivity index (χ1) is 2.89. The molecule has 1 radical (unpaired) electrons. The molecule has 0 saturated heterocycles. The van der Waals surface area contributed by atoms with E-state index in [4.69, 9.17) is 0 Å². The van der Waals surface area contributed by atoms with Gasteiger partial charge in [-0.1, -0.05) is 6.92 Å². The van der Waals surface area contributed by atoms with Gasteiger partial charge >= 0.3 is 0 Å². The minimum Gasteiger partial charge on any atom is -0.273 e. The molecule has 0 fully saturated rings. The van der Waals surface area contributed by atoms with Gasteiger partial charge in [-0.2, -0.15) is 5.38 Å². The second-order valence-electron chi connectivity index (χ2n) is 1.20. The molecule has 0 N–H and O–H groups in total. The van der Waals surface area contributed by atoms with Crippen molar-refractivity contribution in [2.75, 3.05) is 0 Å². The van der Waals surface area contributed by atoms with E-state index in [1.807, 2.05) is 12.3 Å². The Morgan fingerprint density at radius 2 is 2.43 bits per heavy atom. The van der Waals surface area contributed by atoms with Crippen LogP contribution in [0.25, 0.3) is 0 Å². The van der Waals surface area contributed by atoms with Crippen molar-refractivity contribution in [3.05, 3.63) is 22.4 Å². The molecule has 0 aliphatic carbocycles. The number of hydrogen-bond donors (Lipinski definition) is 0. The molecule has 0 atom stereocenters. The van der Waals surface area contributed by atoms with Crippen molar-refractivity contribution in [1.82, 2.24) is 0 Å². The molecule has 1 heterocycles. The smallest absolute Gasteiger partial charge is 0 e. The summed E-state index contributed by atoms with van der Waals surface area (Å²) in [6.45, 7) is 2.04. The minimum atomic E-state index is 0. The first-order valence-corrected chi connectivity index (χ1v) is 2.74. The summed E-state index contributed by atoms with van der Waals surface area (Å²) in [4.78, 5) is 0. The van der Waals surface area contributed by atoms with Gasteiger partial charge in [0, 0.05) is 18.6 Å². The Hall–Kier alpha value is 0.284. The zero-order chi connectivity index (χ0) is 4.41. The van der Waals surface area contributed by atoms with E-state index < -0.39 is 0 Å². The van der Waals surface area contributed by atoms with Crippen LogP contribution in [0, 0.1) is 13.0 Å². The van der Waals surface area contributed by atoms with Gasteiger partial charge in [-0.25, -0.2) is 11.6 Å². The van der Waals surface area contributed by atoms with E-state index in [9.17, 15) is 0 Å². The maximum Gasteiger partial charge on any atom is 0 e. The molecule has 0 amide bonds. The molecule has 1 aromatic heterocycles. The summed E-state index contributed by atoms with van der Waals surface area (Å²) >= 11 is 1.68. The molecule has 2 heteroatoms. The van der Waals surface area contributed by atoms with Crippen molar-refractivity contribution in [1.29, 1.82) is 0 Å². The average Bonchev–Trinajstić information content (AvgIpc) is 1.86. The molecule has 1 rings (SSSR count). The summed E-state index contributed by atoms with van der Waals surface area (Å²) in [5.41, 5.74) is 1.24. The van der Waals surface area contributed by atoms with Gasteiger partial charge in [-0.3, -0.25) is 11.3 Å². The van der Waals surface area contributed by atoms with Gasteiger partial charge in [0.25, 0.3) is 0 Å². The second-order valence-corrected chi connectivity index (χ2v) is 1.94. The molecule has 0 aliphatic heterocycles. The Balaban J connectivity index is 0.000000360. The fourth-order valence-corrected chi connectivity index (χ4v) is 0.891. The van der Waals surface area contributed by atoms with E-state index in [-0.39, 0.29) is 18.6 Å². The predicted molar refractivity (Wildman–Crippen MR) is 27.9 cm³/mol. The van der Waals surface area contributed by atoms with E-state index in [1.165, 1.54) is 5.56 Å². The summed E-state index contributed by atoms with van der Waals surface area (Å²) in [7, 11) is 0. The van der Waals surface area contributed by atoms with Crippen LogP contribution in [0.5, 0.6) is 0 Å². The van der Waals surface area contributed by atoms with Gasteiger partial charge in [0.05, 0.1) is 0 Å². The molecule has 7 heavy (non-hydrogen) atoms. The number of hydrogen-bond acceptors (Lipinski definition) is 1.